The molecule has 0 bridgehead atoms. The van der Waals surface area contributed by atoms with Gasteiger partial charge >= 0.3 is 0 Å². The van der Waals surface area contributed by atoms with Gasteiger partial charge in [-0.25, -0.2) is 8.42 Å². The van der Waals surface area contributed by atoms with Gasteiger partial charge in [0.25, 0.3) is 0 Å². The van der Waals surface area contributed by atoms with Gasteiger partial charge in [-0.3, -0.25) is 9.78 Å². The van der Waals surface area contributed by atoms with Gasteiger partial charge in [0.05, 0.1) is 5.02 Å². The maximum Gasteiger partial charge on any atom is 0.244 e. The third kappa shape index (κ3) is 3.59. The smallest absolute Gasteiger partial charge is 0.244 e. The van der Waals surface area contributed by atoms with Crippen molar-refractivity contribution >= 4 is 27.5 Å². The third-order valence-electron chi connectivity index (χ3n) is 5.22. The predicted octanol–water partition coefficient (Wildman–Crippen LogP) is 2.37. The molecule has 142 valence electrons. The molecule has 0 spiro atoms. The number of hydrogen-bond acceptors (Lipinski definition) is 4. The monoisotopic (exact) mass is 405 g/mol. The first-order chi connectivity index (χ1) is 13.0. The Hall–Kier alpha value is -1.96. The molecule has 6 nitrogen and oxygen atoms in total. The molecular weight excluding hydrogens is 386 g/mol. The lowest BCUT2D eigenvalue weighted by atomic mass is 10.1. The number of hydrogen-bond donors (Lipinski definition) is 0. The lowest BCUT2D eigenvalue weighted by Gasteiger charge is -2.34. The molecule has 0 unspecified atom stereocenters. The summed E-state index contributed by atoms with van der Waals surface area (Å²) in [5, 5.41) is 0.216. The molecule has 1 aromatic heterocycles. The van der Waals surface area contributed by atoms with Crippen LogP contribution in [0, 0.1) is 5.92 Å². The van der Waals surface area contributed by atoms with Gasteiger partial charge in [-0.2, -0.15) is 4.31 Å². The first-order valence-corrected chi connectivity index (χ1v) is 10.7. The highest BCUT2D eigenvalue weighted by atomic mass is 35.5. The van der Waals surface area contributed by atoms with E-state index in [0.717, 1.165) is 12.0 Å². The Morgan fingerprint density at radius 1 is 1.07 bits per heavy atom. The summed E-state index contributed by atoms with van der Waals surface area (Å²) in [5.74, 6) is 0.329. The van der Waals surface area contributed by atoms with E-state index >= 15 is 0 Å². The summed E-state index contributed by atoms with van der Waals surface area (Å²) < 4.78 is 27.0. The lowest BCUT2D eigenvalue weighted by Crippen LogP contribution is -2.51. The molecule has 0 radical (unpaired) electrons. The van der Waals surface area contributed by atoms with E-state index in [4.69, 9.17) is 11.6 Å². The van der Waals surface area contributed by atoms with E-state index in [1.165, 1.54) is 10.4 Å². The van der Waals surface area contributed by atoms with E-state index in [0.29, 0.717) is 13.1 Å². The van der Waals surface area contributed by atoms with Gasteiger partial charge in [-0.05, 0) is 36.1 Å². The number of benzene rings is 1. The van der Waals surface area contributed by atoms with E-state index in [2.05, 4.69) is 4.98 Å². The average molecular weight is 406 g/mol. The second kappa shape index (κ2) is 7.22. The summed E-state index contributed by atoms with van der Waals surface area (Å²) in [6, 6.07) is 10.3. The second-order valence-corrected chi connectivity index (χ2v) is 9.21. The van der Waals surface area contributed by atoms with Crippen molar-refractivity contribution in [2.75, 3.05) is 26.2 Å². The SMILES string of the molecule is O=C([C@@H]1C[C@@H]1c1cccnc1)N1CCN(S(=O)(=O)c2ccccc2Cl)CC1. The van der Waals surface area contributed by atoms with Crippen LogP contribution in [0.2, 0.25) is 5.02 Å². The molecule has 1 aliphatic heterocycles. The number of sulfonamides is 1. The Labute approximate surface area is 163 Å². The van der Waals surface area contributed by atoms with Crippen LogP contribution in [-0.2, 0) is 14.8 Å². The van der Waals surface area contributed by atoms with Crippen LogP contribution >= 0.6 is 11.6 Å². The van der Waals surface area contributed by atoms with Gasteiger partial charge in [-0.15, -0.1) is 0 Å². The summed E-state index contributed by atoms with van der Waals surface area (Å²) in [4.78, 5) is 18.8. The molecule has 4 rings (SSSR count). The number of carbonyl (C=O) groups is 1. The Morgan fingerprint density at radius 2 is 1.81 bits per heavy atom. The van der Waals surface area contributed by atoms with Gasteiger partial charge in [-0.1, -0.05) is 29.8 Å². The molecule has 0 N–H and O–H groups in total. The topological polar surface area (TPSA) is 70.6 Å². The summed E-state index contributed by atoms with van der Waals surface area (Å²) >= 11 is 6.06. The highest BCUT2D eigenvalue weighted by Crippen LogP contribution is 2.48. The average Bonchev–Trinajstić information content (AvgIpc) is 3.49. The van der Waals surface area contributed by atoms with Gasteiger partial charge < -0.3 is 4.90 Å². The maximum absolute atomic E-state index is 12.8. The van der Waals surface area contributed by atoms with Gasteiger partial charge in [0, 0.05) is 44.5 Å². The Morgan fingerprint density at radius 3 is 2.48 bits per heavy atom. The molecule has 1 saturated heterocycles. The van der Waals surface area contributed by atoms with E-state index in [-0.39, 0.29) is 40.8 Å². The minimum absolute atomic E-state index is 0.0130. The normalized spacial score (nSPS) is 23.2. The zero-order chi connectivity index (χ0) is 19.0. The van der Waals surface area contributed by atoms with Crippen LogP contribution in [0.15, 0.2) is 53.7 Å². The van der Waals surface area contributed by atoms with E-state index in [9.17, 15) is 13.2 Å². The molecule has 2 aromatic rings. The molecule has 27 heavy (non-hydrogen) atoms. The Bertz CT molecular complexity index is 944. The lowest BCUT2D eigenvalue weighted by molar-refractivity contribution is -0.133. The number of pyridine rings is 1. The zero-order valence-electron chi connectivity index (χ0n) is 14.7. The molecular formula is C19H20ClN3O3S. The van der Waals surface area contributed by atoms with Crippen molar-refractivity contribution in [1.29, 1.82) is 0 Å². The van der Waals surface area contributed by atoms with Crippen LogP contribution in [0.1, 0.15) is 17.9 Å². The maximum atomic E-state index is 12.8. The zero-order valence-corrected chi connectivity index (χ0v) is 16.2. The fraction of sp³-hybridized carbons (Fsp3) is 0.368. The van der Waals surface area contributed by atoms with Crippen molar-refractivity contribution < 1.29 is 13.2 Å². The molecule has 2 heterocycles. The molecule has 1 saturated carbocycles. The van der Waals surface area contributed by atoms with Crippen LogP contribution in [-0.4, -0.2) is 54.7 Å². The highest BCUT2D eigenvalue weighted by Gasteiger charge is 2.46. The van der Waals surface area contributed by atoms with Crippen LogP contribution in [0.5, 0.6) is 0 Å². The minimum atomic E-state index is -3.65. The number of rotatable bonds is 4. The number of aromatic nitrogens is 1. The molecule has 8 heteroatoms. The predicted molar refractivity (Wildman–Crippen MR) is 102 cm³/mol. The molecule has 1 amide bonds. The second-order valence-electron chi connectivity index (χ2n) is 6.89. The van der Waals surface area contributed by atoms with Crippen molar-refractivity contribution in [3.05, 3.63) is 59.4 Å². The van der Waals surface area contributed by atoms with E-state index in [1.54, 1.807) is 29.3 Å². The summed E-state index contributed by atoms with van der Waals surface area (Å²) in [6.45, 7) is 1.37. The van der Waals surface area contributed by atoms with Gasteiger partial charge in [0.2, 0.25) is 15.9 Å². The van der Waals surface area contributed by atoms with Crippen LogP contribution < -0.4 is 0 Å². The molecule has 2 fully saturated rings. The number of amides is 1. The number of nitrogens with zero attached hydrogens (tertiary/aromatic N) is 3. The fourth-order valence-corrected chi connectivity index (χ4v) is 5.52. The molecule has 2 aliphatic rings. The number of piperazine rings is 1. The van der Waals surface area contributed by atoms with Crippen LogP contribution in [0.4, 0.5) is 0 Å². The first kappa shape index (κ1) is 18.4. The van der Waals surface area contributed by atoms with Crippen molar-refractivity contribution in [2.45, 2.75) is 17.2 Å². The molecule has 1 aromatic carbocycles. The first-order valence-electron chi connectivity index (χ1n) is 8.92. The van der Waals surface area contributed by atoms with Crippen molar-refractivity contribution in [2.24, 2.45) is 5.92 Å². The van der Waals surface area contributed by atoms with Crippen molar-refractivity contribution in [3.63, 3.8) is 0 Å². The third-order valence-corrected chi connectivity index (χ3v) is 7.62. The van der Waals surface area contributed by atoms with E-state index in [1.807, 2.05) is 18.3 Å². The van der Waals surface area contributed by atoms with Crippen molar-refractivity contribution in [1.82, 2.24) is 14.2 Å². The van der Waals surface area contributed by atoms with Gasteiger partial charge in [0.1, 0.15) is 4.90 Å². The highest BCUT2D eigenvalue weighted by molar-refractivity contribution is 7.89. The Kier molecular flexibility index (Phi) is 4.92. The molecule has 2 atom stereocenters. The van der Waals surface area contributed by atoms with Crippen LogP contribution in [0.3, 0.4) is 0 Å². The standard InChI is InChI=1S/C19H20ClN3O3S/c20-17-5-1-2-6-18(17)27(25,26)23-10-8-22(9-11-23)19(24)16-12-15(16)14-4-3-7-21-13-14/h1-7,13,15-16H,8-12H2/t15-,16-/m1/s1. The summed E-state index contributed by atoms with van der Waals surface area (Å²) in [6.07, 6.45) is 4.37. The fourth-order valence-electron chi connectivity index (χ4n) is 3.61. The van der Waals surface area contributed by atoms with Gasteiger partial charge in [0.15, 0.2) is 0 Å². The Balaban J connectivity index is 1.38. The quantitative estimate of drug-likeness (QED) is 0.783. The summed E-state index contributed by atoms with van der Waals surface area (Å²) in [7, 11) is -3.65. The largest absolute Gasteiger partial charge is 0.340 e. The van der Waals surface area contributed by atoms with Crippen LogP contribution in [0.25, 0.3) is 0 Å². The number of carbonyl (C=O) groups excluding carboxylic acids is 1. The minimum Gasteiger partial charge on any atom is -0.340 e. The van der Waals surface area contributed by atoms with E-state index < -0.39 is 10.0 Å². The van der Waals surface area contributed by atoms with Crippen molar-refractivity contribution in [3.8, 4) is 0 Å². The number of halogens is 1. The molecule has 1 aliphatic carbocycles. The summed E-state index contributed by atoms with van der Waals surface area (Å²) in [5.41, 5.74) is 1.09.